The van der Waals surface area contributed by atoms with Gasteiger partial charge in [-0.25, -0.2) is 13.1 Å². The molecule has 0 amide bonds. The molecule has 0 spiro atoms. The third-order valence-electron chi connectivity index (χ3n) is 3.47. The minimum absolute atomic E-state index is 0.0743. The Hall–Kier alpha value is -1.38. The van der Waals surface area contributed by atoms with Crippen molar-refractivity contribution >= 4 is 10.0 Å². The Morgan fingerprint density at radius 2 is 2.00 bits per heavy atom. The summed E-state index contributed by atoms with van der Waals surface area (Å²) in [4.78, 5) is 0.144. The minimum atomic E-state index is -3.56. The molecule has 0 aliphatic carbocycles. The maximum absolute atomic E-state index is 12.3. The minimum Gasteiger partial charge on any atom is -0.211 e. The number of nitrogens with one attached hydrogen (secondary N) is 1. The molecule has 0 aliphatic rings. The highest BCUT2D eigenvalue weighted by atomic mass is 32.2. The lowest BCUT2D eigenvalue weighted by Gasteiger charge is -2.24. The normalized spacial score (nSPS) is 12.1. The third kappa shape index (κ3) is 5.86. The quantitative estimate of drug-likeness (QED) is 0.748. The average Bonchev–Trinajstić information content (AvgIpc) is 2.46. The second-order valence-corrected chi connectivity index (χ2v) is 7.85. The molecule has 0 heterocycles. The van der Waals surface area contributed by atoms with Gasteiger partial charge >= 0.3 is 0 Å². The van der Waals surface area contributed by atoms with Crippen molar-refractivity contribution in [1.82, 2.24) is 4.72 Å². The van der Waals surface area contributed by atoms with Crippen molar-refractivity contribution in [1.29, 1.82) is 5.26 Å². The standard InChI is InChI=1S/C16H24N2O2S/c1-4-5-6-10-16(2,3)13-18-21(19,20)15-9-7-8-14(11-15)12-17/h7-9,11,18H,4-6,10,13H2,1-3H3. The van der Waals surface area contributed by atoms with Crippen LogP contribution in [0.1, 0.15) is 52.0 Å². The molecular formula is C16H24N2O2S. The summed E-state index contributed by atoms with van der Waals surface area (Å²) in [6.07, 6.45) is 4.42. The monoisotopic (exact) mass is 308 g/mol. The number of unbranched alkanes of at least 4 members (excludes halogenated alkanes) is 2. The molecule has 0 atom stereocenters. The van der Waals surface area contributed by atoms with E-state index in [1.165, 1.54) is 18.6 Å². The van der Waals surface area contributed by atoms with Gasteiger partial charge in [0.05, 0.1) is 16.5 Å². The maximum Gasteiger partial charge on any atom is 0.240 e. The zero-order valence-corrected chi connectivity index (χ0v) is 13.8. The van der Waals surface area contributed by atoms with Gasteiger partial charge in [0, 0.05) is 6.54 Å². The Morgan fingerprint density at radius 3 is 2.62 bits per heavy atom. The number of benzene rings is 1. The summed E-state index contributed by atoms with van der Waals surface area (Å²) >= 11 is 0. The van der Waals surface area contributed by atoms with E-state index in [0.29, 0.717) is 12.1 Å². The van der Waals surface area contributed by atoms with E-state index in [0.717, 1.165) is 19.3 Å². The predicted octanol–water partition coefficient (Wildman–Crippen LogP) is 3.44. The smallest absolute Gasteiger partial charge is 0.211 e. The van der Waals surface area contributed by atoms with E-state index in [4.69, 9.17) is 5.26 Å². The molecule has 0 unspecified atom stereocenters. The number of nitrogens with zero attached hydrogens (tertiary/aromatic N) is 1. The molecule has 0 saturated heterocycles. The number of hydrogen-bond acceptors (Lipinski definition) is 3. The average molecular weight is 308 g/mol. The fourth-order valence-electron chi connectivity index (χ4n) is 2.05. The van der Waals surface area contributed by atoms with Gasteiger partial charge in [0.25, 0.3) is 0 Å². The van der Waals surface area contributed by atoms with Gasteiger partial charge in [-0.1, -0.05) is 46.1 Å². The van der Waals surface area contributed by atoms with Crippen LogP contribution in [-0.2, 0) is 10.0 Å². The van der Waals surface area contributed by atoms with Crippen LogP contribution in [-0.4, -0.2) is 15.0 Å². The van der Waals surface area contributed by atoms with Crippen LogP contribution in [0.5, 0.6) is 0 Å². The van der Waals surface area contributed by atoms with Gasteiger partial charge in [0.15, 0.2) is 0 Å². The first-order valence-electron chi connectivity index (χ1n) is 7.30. The van der Waals surface area contributed by atoms with Crippen molar-refractivity contribution in [3.8, 4) is 6.07 Å². The second-order valence-electron chi connectivity index (χ2n) is 6.09. The van der Waals surface area contributed by atoms with Gasteiger partial charge in [0.1, 0.15) is 0 Å². The summed E-state index contributed by atoms with van der Waals surface area (Å²) < 4.78 is 27.2. The molecule has 0 aromatic heterocycles. The molecule has 116 valence electrons. The van der Waals surface area contributed by atoms with Crippen molar-refractivity contribution < 1.29 is 8.42 Å². The summed E-state index contributed by atoms with van der Waals surface area (Å²) in [6.45, 7) is 6.68. The van der Waals surface area contributed by atoms with Crippen LogP contribution < -0.4 is 4.72 Å². The molecule has 0 saturated carbocycles. The van der Waals surface area contributed by atoms with Crippen LogP contribution in [0.4, 0.5) is 0 Å². The lowest BCUT2D eigenvalue weighted by molar-refractivity contribution is 0.320. The number of nitriles is 1. The van der Waals surface area contributed by atoms with E-state index >= 15 is 0 Å². The molecule has 21 heavy (non-hydrogen) atoms. The van der Waals surface area contributed by atoms with Gasteiger partial charge in [0.2, 0.25) is 10.0 Å². The van der Waals surface area contributed by atoms with Crippen LogP contribution in [0.15, 0.2) is 29.2 Å². The van der Waals surface area contributed by atoms with Gasteiger partial charge < -0.3 is 0 Å². The van der Waals surface area contributed by atoms with E-state index in [-0.39, 0.29) is 10.3 Å². The van der Waals surface area contributed by atoms with Gasteiger partial charge in [-0.3, -0.25) is 0 Å². The Bertz CT molecular complexity index is 601. The maximum atomic E-state index is 12.3. The number of rotatable bonds is 8. The fraction of sp³-hybridized carbons (Fsp3) is 0.562. The van der Waals surface area contributed by atoms with Crippen LogP contribution in [0, 0.1) is 16.7 Å². The highest BCUT2D eigenvalue weighted by Crippen LogP contribution is 2.23. The zero-order valence-electron chi connectivity index (χ0n) is 13.0. The SMILES string of the molecule is CCCCCC(C)(C)CNS(=O)(=O)c1cccc(C#N)c1. The Morgan fingerprint density at radius 1 is 1.29 bits per heavy atom. The molecule has 0 fully saturated rings. The predicted molar refractivity (Wildman–Crippen MR) is 84.3 cm³/mol. The Kier molecular flexibility index (Phi) is 6.38. The first kappa shape index (κ1) is 17.7. The summed E-state index contributed by atoms with van der Waals surface area (Å²) in [5, 5.41) is 8.84. The van der Waals surface area contributed by atoms with E-state index in [2.05, 4.69) is 25.5 Å². The summed E-state index contributed by atoms with van der Waals surface area (Å²) in [5.74, 6) is 0. The molecular weight excluding hydrogens is 284 g/mol. The van der Waals surface area contributed by atoms with Gasteiger partial charge in [-0.15, -0.1) is 0 Å². The zero-order chi connectivity index (χ0) is 15.9. The van der Waals surface area contributed by atoms with Crippen molar-refractivity contribution in [2.75, 3.05) is 6.54 Å². The van der Waals surface area contributed by atoms with Crippen molar-refractivity contribution in [2.45, 2.75) is 51.3 Å². The first-order valence-corrected chi connectivity index (χ1v) is 8.79. The molecule has 0 aliphatic heterocycles. The molecule has 1 N–H and O–H groups in total. The van der Waals surface area contributed by atoms with Crippen molar-refractivity contribution in [2.24, 2.45) is 5.41 Å². The van der Waals surface area contributed by atoms with Gasteiger partial charge in [-0.2, -0.15) is 5.26 Å². The van der Waals surface area contributed by atoms with E-state index in [1.807, 2.05) is 6.07 Å². The van der Waals surface area contributed by atoms with Gasteiger partial charge in [-0.05, 0) is 30.0 Å². The van der Waals surface area contributed by atoms with Crippen LogP contribution in [0.3, 0.4) is 0 Å². The molecule has 0 bridgehead atoms. The molecule has 4 nitrogen and oxygen atoms in total. The fourth-order valence-corrected chi connectivity index (χ4v) is 3.34. The molecule has 0 radical (unpaired) electrons. The molecule has 5 heteroatoms. The van der Waals surface area contributed by atoms with Crippen LogP contribution in [0.2, 0.25) is 0 Å². The van der Waals surface area contributed by atoms with E-state index in [1.54, 1.807) is 12.1 Å². The topological polar surface area (TPSA) is 70.0 Å². The molecule has 1 aromatic rings. The number of hydrogen-bond donors (Lipinski definition) is 1. The Labute approximate surface area is 128 Å². The molecule has 1 aromatic carbocycles. The highest BCUT2D eigenvalue weighted by molar-refractivity contribution is 7.89. The second kappa shape index (κ2) is 7.58. The van der Waals surface area contributed by atoms with Crippen molar-refractivity contribution in [3.63, 3.8) is 0 Å². The van der Waals surface area contributed by atoms with E-state index < -0.39 is 10.0 Å². The third-order valence-corrected chi connectivity index (χ3v) is 4.87. The lowest BCUT2D eigenvalue weighted by Crippen LogP contribution is -2.34. The van der Waals surface area contributed by atoms with Crippen LogP contribution >= 0.6 is 0 Å². The number of sulfonamides is 1. The summed E-state index contributed by atoms with van der Waals surface area (Å²) in [7, 11) is -3.56. The lowest BCUT2D eigenvalue weighted by atomic mass is 9.87. The van der Waals surface area contributed by atoms with Crippen molar-refractivity contribution in [3.05, 3.63) is 29.8 Å². The molecule has 1 rings (SSSR count). The Balaban J connectivity index is 2.70. The first-order chi connectivity index (χ1) is 9.80. The highest BCUT2D eigenvalue weighted by Gasteiger charge is 2.22. The largest absolute Gasteiger partial charge is 0.240 e. The van der Waals surface area contributed by atoms with E-state index in [9.17, 15) is 8.42 Å². The summed E-state index contributed by atoms with van der Waals surface area (Å²) in [5.41, 5.74) is 0.273. The van der Waals surface area contributed by atoms with Crippen LogP contribution in [0.25, 0.3) is 0 Å². The summed E-state index contributed by atoms with van der Waals surface area (Å²) in [6, 6.07) is 8.03.